The van der Waals surface area contributed by atoms with Gasteiger partial charge >= 0.3 is 0 Å². The normalized spacial score (nSPS) is 34.3. The summed E-state index contributed by atoms with van der Waals surface area (Å²) in [4.78, 5) is 11.6. The second-order valence-corrected chi connectivity index (χ2v) is 7.16. The van der Waals surface area contributed by atoms with Gasteiger partial charge < -0.3 is 29.4 Å². The van der Waals surface area contributed by atoms with Crippen LogP contribution in [0, 0.1) is 5.92 Å². The second-order valence-electron chi connectivity index (χ2n) is 7.16. The number of rotatable bonds is 5. The van der Waals surface area contributed by atoms with Crippen molar-refractivity contribution in [1.82, 2.24) is 5.32 Å². The number of hydrogen-bond donors (Lipinski definition) is 2. The molecule has 2 heterocycles. The van der Waals surface area contributed by atoms with E-state index in [1.54, 1.807) is 0 Å². The van der Waals surface area contributed by atoms with Gasteiger partial charge in [-0.25, -0.2) is 0 Å². The molecule has 0 bridgehead atoms. The number of hydrogen-bond acceptors (Lipinski definition) is 6. The Labute approximate surface area is 153 Å². The molecule has 1 aromatic carbocycles. The van der Waals surface area contributed by atoms with Crippen LogP contribution in [0.1, 0.15) is 32.6 Å². The van der Waals surface area contributed by atoms with E-state index in [1.807, 2.05) is 44.2 Å². The minimum absolute atomic E-state index is 0.263. The van der Waals surface area contributed by atoms with Gasteiger partial charge in [0.25, 0.3) is 0 Å². The Morgan fingerprint density at radius 1 is 1.31 bits per heavy atom. The van der Waals surface area contributed by atoms with E-state index in [0.717, 1.165) is 5.56 Å². The van der Waals surface area contributed by atoms with Crippen molar-refractivity contribution < 1.29 is 28.8 Å². The van der Waals surface area contributed by atoms with E-state index in [-0.39, 0.29) is 12.5 Å². The van der Waals surface area contributed by atoms with E-state index in [9.17, 15) is 9.90 Å². The van der Waals surface area contributed by atoms with Crippen molar-refractivity contribution in [3.05, 3.63) is 35.9 Å². The largest absolute Gasteiger partial charge is 0.388 e. The molecule has 2 aliphatic rings. The maximum atomic E-state index is 11.6. The third kappa shape index (κ3) is 4.42. The molecule has 0 spiro atoms. The number of carbonyl (C=O) groups is 1. The number of nitrogens with one attached hydrogen (secondary N) is 1. The Bertz CT molecular complexity index is 595. The van der Waals surface area contributed by atoms with E-state index in [0.29, 0.717) is 12.5 Å². The molecule has 1 amide bonds. The summed E-state index contributed by atoms with van der Waals surface area (Å²) >= 11 is 0. The minimum atomic E-state index is -0.968. The van der Waals surface area contributed by atoms with E-state index >= 15 is 0 Å². The predicted octanol–water partition coefficient (Wildman–Crippen LogP) is 1.36. The first-order valence-electron chi connectivity index (χ1n) is 9.00. The standard InChI is InChI=1S/C19H27NO6/c1-11(2)9-23-19-15(20-12(3)21)16(22)17-14(25-19)10-24-18(26-17)13-7-5-4-6-8-13/h4-8,11,14-19,22H,9-10H2,1-3H3,(H,20,21)/t14-,15-,16-,17-,18?,19+/m1/s1. The summed E-state index contributed by atoms with van der Waals surface area (Å²) in [7, 11) is 0. The van der Waals surface area contributed by atoms with E-state index < -0.39 is 36.9 Å². The molecule has 7 nitrogen and oxygen atoms in total. The fourth-order valence-electron chi connectivity index (χ4n) is 3.19. The van der Waals surface area contributed by atoms with E-state index in [4.69, 9.17) is 18.9 Å². The van der Waals surface area contributed by atoms with Crippen molar-refractivity contribution >= 4 is 5.91 Å². The van der Waals surface area contributed by atoms with Crippen LogP contribution >= 0.6 is 0 Å². The molecule has 2 aliphatic heterocycles. The van der Waals surface area contributed by atoms with Crippen LogP contribution < -0.4 is 5.32 Å². The van der Waals surface area contributed by atoms with Gasteiger partial charge in [0.05, 0.1) is 13.2 Å². The lowest BCUT2D eigenvalue weighted by molar-refractivity contribution is -0.344. The highest BCUT2D eigenvalue weighted by Crippen LogP contribution is 2.34. The molecule has 1 unspecified atom stereocenters. The lowest BCUT2D eigenvalue weighted by Crippen LogP contribution is -2.66. The summed E-state index contributed by atoms with van der Waals surface area (Å²) in [5, 5.41) is 13.6. The molecule has 2 fully saturated rings. The summed E-state index contributed by atoms with van der Waals surface area (Å²) in [5.41, 5.74) is 0.868. The fourth-order valence-corrected chi connectivity index (χ4v) is 3.19. The maximum Gasteiger partial charge on any atom is 0.217 e. The molecule has 0 aromatic heterocycles. The van der Waals surface area contributed by atoms with Gasteiger partial charge in [0, 0.05) is 12.5 Å². The Hall–Kier alpha value is -1.51. The highest BCUT2D eigenvalue weighted by atomic mass is 16.7. The van der Waals surface area contributed by atoms with Crippen molar-refractivity contribution in [2.75, 3.05) is 13.2 Å². The van der Waals surface area contributed by atoms with Crippen molar-refractivity contribution in [2.45, 2.75) is 57.7 Å². The molecule has 144 valence electrons. The molecule has 0 saturated carbocycles. The smallest absolute Gasteiger partial charge is 0.217 e. The Kier molecular flexibility index (Phi) is 6.26. The zero-order chi connectivity index (χ0) is 18.7. The van der Waals surface area contributed by atoms with Gasteiger partial charge in [-0.3, -0.25) is 4.79 Å². The number of benzene rings is 1. The number of fused-ring (bicyclic) bond motifs is 1. The number of aliphatic hydroxyl groups is 1. The van der Waals surface area contributed by atoms with Gasteiger partial charge in [-0.15, -0.1) is 0 Å². The average molecular weight is 365 g/mol. The van der Waals surface area contributed by atoms with Gasteiger partial charge in [0.1, 0.15) is 24.4 Å². The molecule has 2 N–H and O–H groups in total. The molecule has 1 aromatic rings. The third-order valence-electron chi connectivity index (χ3n) is 4.40. The molecule has 2 saturated heterocycles. The summed E-state index contributed by atoms with van der Waals surface area (Å²) in [5.74, 6) is 0.0358. The van der Waals surface area contributed by atoms with Gasteiger partial charge in [0.2, 0.25) is 5.91 Å². The Balaban J connectivity index is 1.73. The molecule has 7 heteroatoms. The van der Waals surface area contributed by atoms with Crippen LogP contribution in [-0.2, 0) is 23.7 Å². The molecular formula is C19H27NO6. The number of ether oxygens (including phenoxy) is 4. The minimum Gasteiger partial charge on any atom is -0.388 e. The van der Waals surface area contributed by atoms with Gasteiger partial charge in [0.15, 0.2) is 12.6 Å². The van der Waals surface area contributed by atoms with E-state index in [1.165, 1.54) is 6.92 Å². The van der Waals surface area contributed by atoms with E-state index in [2.05, 4.69) is 5.32 Å². The fraction of sp³-hybridized carbons (Fsp3) is 0.632. The first-order valence-corrected chi connectivity index (χ1v) is 9.00. The van der Waals surface area contributed by atoms with Crippen LogP contribution in [-0.4, -0.2) is 54.9 Å². The zero-order valence-electron chi connectivity index (χ0n) is 15.3. The van der Waals surface area contributed by atoms with Crippen molar-refractivity contribution in [2.24, 2.45) is 5.92 Å². The van der Waals surface area contributed by atoms with Crippen molar-refractivity contribution in [1.29, 1.82) is 0 Å². The third-order valence-corrected chi connectivity index (χ3v) is 4.40. The van der Waals surface area contributed by atoms with Crippen molar-refractivity contribution in [3.63, 3.8) is 0 Å². The van der Waals surface area contributed by atoms with Crippen LogP contribution in [0.4, 0.5) is 0 Å². The predicted molar refractivity (Wildman–Crippen MR) is 93.1 cm³/mol. The quantitative estimate of drug-likeness (QED) is 0.820. The number of amides is 1. The molecule has 3 rings (SSSR count). The summed E-state index contributed by atoms with van der Waals surface area (Å²) in [6.45, 7) is 6.17. The second kappa shape index (κ2) is 8.45. The van der Waals surface area contributed by atoms with Gasteiger partial charge in [-0.05, 0) is 5.92 Å². The molecule has 26 heavy (non-hydrogen) atoms. The van der Waals surface area contributed by atoms with Crippen LogP contribution in [0.15, 0.2) is 30.3 Å². The van der Waals surface area contributed by atoms with Crippen molar-refractivity contribution in [3.8, 4) is 0 Å². The summed E-state index contributed by atoms with van der Waals surface area (Å²) in [6.07, 6.45) is -3.39. The maximum absolute atomic E-state index is 11.6. The van der Waals surface area contributed by atoms with Crippen LogP contribution in [0.25, 0.3) is 0 Å². The monoisotopic (exact) mass is 365 g/mol. The highest BCUT2D eigenvalue weighted by molar-refractivity contribution is 5.73. The van der Waals surface area contributed by atoms with Crippen LogP contribution in [0.2, 0.25) is 0 Å². The molecule has 6 atom stereocenters. The average Bonchev–Trinajstić information content (AvgIpc) is 2.63. The Morgan fingerprint density at radius 2 is 2.04 bits per heavy atom. The lowest BCUT2D eigenvalue weighted by Gasteiger charge is -2.47. The van der Waals surface area contributed by atoms with Gasteiger partial charge in [-0.2, -0.15) is 0 Å². The van der Waals surface area contributed by atoms with Crippen LogP contribution in [0.5, 0.6) is 0 Å². The first-order chi connectivity index (χ1) is 12.5. The topological polar surface area (TPSA) is 86.3 Å². The number of aliphatic hydroxyl groups excluding tert-OH is 1. The Morgan fingerprint density at radius 3 is 2.69 bits per heavy atom. The summed E-state index contributed by atoms with van der Waals surface area (Å²) < 4.78 is 23.5. The van der Waals surface area contributed by atoms with Gasteiger partial charge in [-0.1, -0.05) is 44.2 Å². The summed E-state index contributed by atoms with van der Waals surface area (Å²) in [6, 6.07) is 8.82. The highest BCUT2D eigenvalue weighted by Gasteiger charge is 2.50. The molecule has 0 radical (unpaired) electrons. The SMILES string of the molecule is CC(=O)N[C@H]1[C@@H](OCC(C)C)O[C@@H]2COC(c3ccccc3)O[C@H]2[C@@H]1O. The zero-order valence-corrected chi connectivity index (χ0v) is 15.3. The molecule has 0 aliphatic carbocycles. The number of carbonyl (C=O) groups excluding carboxylic acids is 1. The van der Waals surface area contributed by atoms with Crippen LogP contribution in [0.3, 0.4) is 0 Å². The first kappa shape index (κ1) is 19.3. The molecular weight excluding hydrogens is 338 g/mol. The lowest BCUT2D eigenvalue weighted by atomic mass is 9.95.